The Labute approximate surface area is 247 Å². The van der Waals surface area contributed by atoms with Gasteiger partial charge in [-0.15, -0.1) is 0 Å². The zero-order valence-electron chi connectivity index (χ0n) is 22.6. The van der Waals surface area contributed by atoms with E-state index in [-0.39, 0.29) is 31.4 Å². The second kappa shape index (κ2) is 15.6. The molecule has 2 aliphatic heterocycles. The second-order valence-corrected chi connectivity index (χ2v) is 12.6. The monoisotopic (exact) mass is 597 g/mol. The molecule has 0 unspecified atom stereocenters. The average Bonchev–Trinajstić information content (AvgIpc) is 2.95. The van der Waals surface area contributed by atoms with Gasteiger partial charge in [0.15, 0.2) is 0 Å². The zero-order valence-corrected chi connectivity index (χ0v) is 24.2. The van der Waals surface area contributed by atoms with Gasteiger partial charge in [-0.2, -0.15) is 0 Å². The van der Waals surface area contributed by atoms with Gasteiger partial charge in [-0.1, -0.05) is 88.3 Å². The number of hydrogen-bond acceptors (Lipinski definition) is 8. The fraction of sp³-hybridized carbons (Fsp3) is 0.400. The van der Waals surface area contributed by atoms with E-state index in [1.54, 1.807) is 16.9 Å². The van der Waals surface area contributed by atoms with Crippen LogP contribution in [0.1, 0.15) is 30.4 Å². The Morgan fingerprint density at radius 1 is 0.805 bits per heavy atom. The third kappa shape index (κ3) is 9.94. The lowest BCUT2D eigenvalue weighted by Crippen LogP contribution is -2.57. The van der Waals surface area contributed by atoms with Crippen molar-refractivity contribution in [3.05, 3.63) is 83.9 Å². The van der Waals surface area contributed by atoms with Crippen LogP contribution in [0.15, 0.2) is 72.8 Å². The summed E-state index contributed by atoms with van der Waals surface area (Å²) in [5.74, 6) is -1.14. The summed E-state index contributed by atoms with van der Waals surface area (Å²) in [6.07, 6.45) is 1.98. The van der Waals surface area contributed by atoms with Crippen molar-refractivity contribution < 1.29 is 29.0 Å². The van der Waals surface area contributed by atoms with Gasteiger partial charge in [0.1, 0.15) is 18.2 Å². The van der Waals surface area contributed by atoms with Crippen molar-refractivity contribution in [2.45, 2.75) is 62.4 Å². The summed E-state index contributed by atoms with van der Waals surface area (Å²) in [6.45, 7) is 0. The lowest BCUT2D eigenvalue weighted by Gasteiger charge is -2.27. The molecule has 2 bridgehead atoms. The van der Waals surface area contributed by atoms with Gasteiger partial charge in [0.05, 0.1) is 25.0 Å². The maximum absolute atomic E-state index is 13.6. The summed E-state index contributed by atoms with van der Waals surface area (Å²) in [6, 6.07) is 15.9. The third-order valence-corrected chi connectivity index (χ3v) is 9.19. The van der Waals surface area contributed by atoms with Crippen LogP contribution in [-0.2, 0) is 36.8 Å². The van der Waals surface area contributed by atoms with E-state index in [0.717, 1.165) is 16.9 Å². The molecular weight excluding hydrogens is 562 g/mol. The normalized spacial score (nSPS) is 26.8. The number of fused-ring (bicyclic) bond motifs is 7. The van der Waals surface area contributed by atoms with E-state index in [1.807, 2.05) is 66.7 Å². The van der Waals surface area contributed by atoms with E-state index in [2.05, 4.69) is 16.0 Å². The predicted molar refractivity (Wildman–Crippen MR) is 160 cm³/mol. The van der Waals surface area contributed by atoms with Crippen molar-refractivity contribution in [1.82, 2.24) is 16.0 Å². The number of rotatable bonds is 4. The molecule has 3 amide bonds. The summed E-state index contributed by atoms with van der Waals surface area (Å²) < 4.78 is 5.62. The van der Waals surface area contributed by atoms with Crippen LogP contribution in [0.25, 0.3) is 0 Å². The number of benzene rings is 2. The zero-order chi connectivity index (χ0) is 29.0. The van der Waals surface area contributed by atoms with Crippen molar-refractivity contribution in [3.63, 3.8) is 0 Å². The van der Waals surface area contributed by atoms with Crippen LogP contribution in [0, 0.1) is 0 Å². The quantitative estimate of drug-likeness (QED) is 0.240. The molecule has 2 aliphatic rings. The minimum Gasteiger partial charge on any atom is -0.457 e. The van der Waals surface area contributed by atoms with Crippen molar-refractivity contribution in [3.8, 4) is 0 Å². The molecule has 0 radical (unpaired) electrons. The third-order valence-electron chi connectivity index (χ3n) is 6.74. The maximum Gasteiger partial charge on any atom is 0.309 e. The van der Waals surface area contributed by atoms with Gasteiger partial charge in [0, 0.05) is 17.9 Å². The number of hydrogen-bond donors (Lipinski definition) is 4. The van der Waals surface area contributed by atoms with E-state index < -0.39 is 54.0 Å². The van der Waals surface area contributed by atoms with Crippen LogP contribution in [0.3, 0.4) is 0 Å². The van der Waals surface area contributed by atoms with E-state index in [0.29, 0.717) is 6.42 Å². The molecule has 2 aromatic carbocycles. The second-order valence-electron chi connectivity index (χ2n) is 10.0. The molecule has 1 fully saturated rings. The summed E-state index contributed by atoms with van der Waals surface area (Å²) in [5, 5.41) is 19.6. The van der Waals surface area contributed by atoms with Gasteiger partial charge in [0.25, 0.3) is 0 Å². The van der Waals surface area contributed by atoms with Crippen LogP contribution in [-0.4, -0.2) is 70.6 Å². The maximum atomic E-state index is 13.6. The molecule has 4 N–H and O–H groups in total. The summed E-state index contributed by atoms with van der Waals surface area (Å²) >= 11 is 0. The molecule has 41 heavy (non-hydrogen) atoms. The molecule has 0 saturated carbocycles. The number of aliphatic hydroxyl groups excluding tert-OH is 1. The minimum absolute atomic E-state index is 0.188. The highest BCUT2D eigenvalue weighted by atomic mass is 33.1. The van der Waals surface area contributed by atoms with Gasteiger partial charge in [-0.05, 0) is 30.0 Å². The van der Waals surface area contributed by atoms with Gasteiger partial charge < -0.3 is 25.8 Å². The fourth-order valence-corrected chi connectivity index (χ4v) is 6.76. The van der Waals surface area contributed by atoms with E-state index >= 15 is 0 Å². The summed E-state index contributed by atoms with van der Waals surface area (Å²) in [7, 11) is 3.02. The molecule has 0 spiro atoms. The first-order valence-electron chi connectivity index (χ1n) is 13.6. The van der Waals surface area contributed by atoms with Crippen molar-refractivity contribution >= 4 is 45.3 Å². The first-order chi connectivity index (χ1) is 19.9. The number of aliphatic hydroxyl groups is 1. The number of nitrogens with one attached hydrogen (secondary N) is 3. The van der Waals surface area contributed by atoms with Gasteiger partial charge in [-0.25, -0.2) is 0 Å². The fourth-order valence-electron chi connectivity index (χ4n) is 4.60. The van der Waals surface area contributed by atoms with Gasteiger partial charge in [0.2, 0.25) is 17.7 Å². The molecule has 5 atom stereocenters. The smallest absolute Gasteiger partial charge is 0.309 e. The molecule has 4 rings (SSSR count). The molecule has 0 aromatic heterocycles. The van der Waals surface area contributed by atoms with E-state index in [4.69, 9.17) is 4.74 Å². The Morgan fingerprint density at radius 2 is 1.49 bits per heavy atom. The number of ether oxygens (including phenoxy) is 1. The average molecular weight is 598 g/mol. The topological polar surface area (TPSA) is 134 Å². The molecule has 9 nitrogen and oxygen atoms in total. The minimum atomic E-state index is -1.26. The molecule has 2 heterocycles. The highest BCUT2D eigenvalue weighted by Gasteiger charge is 2.32. The summed E-state index contributed by atoms with van der Waals surface area (Å²) in [4.78, 5) is 53.2. The SMILES string of the molecule is O=C1C[C@H]2C=CCCSSC[C@@H](NC(=O)[C@@H](Cc3ccccc3)N1)C(=O)N[C@H](Cc1ccccc1)[C@@H](O)CC(=O)O2. The molecule has 1 saturated heterocycles. The first kappa shape index (κ1) is 30.7. The Hall–Kier alpha value is -3.28. The standard InChI is InChI=1S/C30H35N3O6S2/c34-26-18-28(36)39-22-13-7-8-14-40-41-19-25(30(38)32-23(26)15-20-9-3-1-4-10-20)33-29(37)24(31-27(35)17-22)16-21-11-5-2-6-12-21/h1-7,9-13,22-26,34H,8,14-19H2,(H,31,35)(H,32,38)(H,33,37)/t22-,23-,24-,25-,26+/m1/s1. The Bertz CT molecular complexity index is 1210. The Kier molecular flexibility index (Phi) is 11.7. The van der Waals surface area contributed by atoms with E-state index in [1.165, 1.54) is 10.8 Å². The number of carbonyl (C=O) groups excluding carboxylic acids is 4. The van der Waals surface area contributed by atoms with Crippen LogP contribution in [0.4, 0.5) is 0 Å². The predicted octanol–water partition coefficient (Wildman–Crippen LogP) is 2.33. The van der Waals surface area contributed by atoms with Crippen LogP contribution >= 0.6 is 21.6 Å². The van der Waals surface area contributed by atoms with Crippen LogP contribution in [0.5, 0.6) is 0 Å². The number of carbonyl (C=O) groups is 4. The lowest BCUT2D eigenvalue weighted by atomic mass is 9.98. The molecule has 2 aromatic rings. The number of allylic oxidation sites excluding steroid dienone is 1. The van der Waals surface area contributed by atoms with Crippen LogP contribution in [0.2, 0.25) is 0 Å². The first-order valence-corrected chi connectivity index (χ1v) is 16.1. The summed E-state index contributed by atoms with van der Waals surface area (Å²) in [5.41, 5.74) is 1.70. The van der Waals surface area contributed by atoms with Crippen molar-refractivity contribution in [1.29, 1.82) is 0 Å². The largest absolute Gasteiger partial charge is 0.457 e. The Morgan fingerprint density at radius 3 is 2.20 bits per heavy atom. The molecule has 218 valence electrons. The van der Waals surface area contributed by atoms with Crippen molar-refractivity contribution in [2.75, 3.05) is 11.5 Å². The molecular formula is C30H35N3O6S2. The number of amides is 3. The number of esters is 1. The highest BCUT2D eigenvalue weighted by molar-refractivity contribution is 8.76. The highest BCUT2D eigenvalue weighted by Crippen LogP contribution is 2.24. The van der Waals surface area contributed by atoms with Gasteiger partial charge in [-0.3, -0.25) is 19.2 Å². The van der Waals surface area contributed by atoms with Crippen molar-refractivity contribution in [2.24, 2.45) is 0 Å². The molecule has 0 aliphatic carbocycles. The van der Waals surface area contributed by atoms with Crippen LogP contribution < -0.4 is 16.0 Å². The Balaban J connectivity index is 1.68. The van der Waals surface area contributed by atoms with Gasteiger partial charge >= 0.3 is 5.97 Å². The lowest BCUT2D eigenvalue weighted by molar-refractivity contribution is -0.151. The molecule has 11 heteroatoms. The van der Waals surface area contributed by atoms with E-state index in [9.17, 15) is 24.3 Å².